The molecule has 10 heteroatoms. The normalized spacial score (nSPS) is 15.7. The van der Waals surface area contributed by atoms with Crippen LogP contribution >= 0.6 is 0 Å². The zero-order chi connectivity index (χ0) is 19.7. The van der Waals surface area contributed by atoms with Crippen LogP contribution in [0.1, 0.15) is 16.4 Å². The lowest BCUT2D eigenvalue weighted by Crippen LogP contribution is -2.50. The molecule has 1 amide bonds. The van der Waals surface area contributed by atoms with E-state index in [1.807, 2.05) is 0 Å². The summed E-state index contributed by atoms with van der Waals surface area (Å²) in [7, 11) is -3.71. The van der Waals surface area contributed by atoms with Crippen molar-refractivity contribution in [1.82, 2.24) is 19.4 Å². The number of aryl methyl sites for hydroxylation is 1. The topological polar surface area (TPSA) is 110 Å². The number of furan rings is 1. The molecule has 2 aromatic heterocycles. The lowest BCUT2D eigenvalue weighted by atomic mass is 10.2. The summed E-state index contributed by atoms with van der Waals surface area (Å²) in [5, 5.41) is 7.70. The van der Waals surface area contributed by atoms with E-state index >= 15 is 0 Å². The van der Waals surface area contributed by atoms with E-state index in [1.165, 1.54) is 22.7 Å². The minimum atomic E-state index is -3.71. The van der Waals surface area contributed by atoms with Crippen molar-refractivity contribution in [2.45, 2.75) is 11.8 Å². The second-order valence-corrected chi connectivity index (χ2v) is 8.27. The van der Waals surface area contributed by atoms with E-state index in [4.69, 9.17) is 8.83 Å². The first-order valence-electron chi connectivity index (χ1n) is 8.68. The van der Waals surface area contributed by atoms with Crippen LogP contribution in [0, 0.1) is 6.92 Å². The second kappa shape index (κ2) is 7.21. The number of aromatic nitrogens is 2. The SMILES string of the molecule is Cc1nnc(-c2cccc(S(=O)(=O)N3CCN(C(=O)c4ccco4)CC3)c2)o1. The molecule has 4 rings (SSSR count). The Morgan fingerprint density at radius 3 is 2.50 bits per heavy atom. The molecule has 0 spiro atoms. The van der Waals surface area contributed by atoms with Crippen molar-refractivity contribution in [2.24, 2.45) is 0 Å². The molecule has 1 aliphatic heterocycles. The Morgan fingerprint density at radius 1 is 1.07 bits per heavy atom. The Kier molecular flexibility index (Phi) is 4.73. The number of rotatable bonds is 4. The third-order valence-electron chi connectivity index (χ3n) is 4.50. The van der Waals surface area contributed by atoms with Crippen molar-refractivity contribution in [1.29, 1.82) is 0 Å². The molecule has 0 bridgehead atoms. The van der Waals surface area contributed by atoms with Gasteiger partial charge in [0, 0.05) is 38.7 Å². The van der Waals surface area contributed by atoms with Gasteiger partial charge in [0.1, 0.15) is 0 Å². The lowest BCUT2D eigenvalue weighted by molar-refractivity contribution is 0.0666. The smallest absolute Gasteiger partial charge is 0.289 e. The molecule has 9 nitrogen and oxygen atoms in total. The predicted octanol–water partition coefficient (Wildman–Crippen LogP) is 1.78. The third kappa shape index (κ3) is 3.43. The maximum absolute atomic E-state index is 13.0. The fraction of sp³-hybridized carbons (Fsp3) is 0.278. The number of carbonyl (C=O) groups excluding carboxylic acids is 1. The average Bonchev–Trinajstić information content (AvgIpc) is 3.39. The highest BCUT2D eigenvalue weighted by molar-refractivity contribution is 7.89. The van der Waals surface area contributed by atoms with E-state index in [9.17, 15) is 13.2 Å². The van der Waals surface area contributed by atoms with Crippen molar-refractivity contribution in [2.75, 3.05) is 26.2 Å². The summed E-state index contributed by atoms with van der Waals surface area (Å²) in [5.41, 5.74) is 0.535. The molecule has 0 aliphatic carbocycles. The number of nitrogens with zero attached hydrogens (tertiary/aromatic N) is 4. The largest absolute Gasteiger partial charge is 0.459 e. The molecular formula is C18H18N4O5S. The minimum Gasteiger partial charge on any atom is -0.459 e. The van der Waals surface area contributed by atoms with Gasteiger partial charge in [-0.15, -0.1) is 10.2 Å². The fourth-order valence-corrected chi connectivity index (χ4v) is 4.51. The highest BCUT2D eigenvalue weighted by Gasteiger charge is 2.31. The lowest BCUT2D eigenvalue weighted by Gasteiger charge is -2.33. The van der Waals surface area contributed by atoms with Crippen LogP contribution in [0.25, 0.3) is 11.5 Å². The minimum absolute atomic E-state index is 0.145. The first-order chi connectivity index (χ1) is 13.4. The molecule has 0 unspecified atom stereocenters. The van der Waals surface area contributed by atoms with E-state index in [1.54, 1.807) is 36.1 Å². The maximum Gasteiger partial charge on any atom is 0.289 e. The summed E-state index contributed by atoms with van der Waals surface area (Å²) < 4.78 is 37.9. The molecule has 1 fully saturated rings. The number of benzene rings is 1. The molecule has 28 heavy (non-hydrogen) atoms. The fourth-order valence-electron chi connectivity index (χ4n) is 3.04. The summed E-state index contributed by atoms with van der Waals surface area (Å²) in [6, 6.07) is 9.64. The second-order valence-electron chi connectivity index (χ2n) is 6.33. The molecule has 1 aliphatic rings. The quantitative estimate of drug-likeness (QED) is 0.654. The number of carbonyl (C=O) groups is 1. The van der Waals surface area contributed by atoms with E-state index in [0.29, 0.717) is 24.5 Å². The molecule has 3 heterocycles. The van der Waals surface area contributed by atoms with Gasteiger partial charge in [-0.3, -0.25) is 4.79 Å². The molecule has 0 radical (unpaired) electrons. The van der Waals surface area contributed by atoms with E-state index in [2.05, 4.69) is 10.2 Å². The molecule has 0 atom stereocenters. The summed E-state index contributed by atoms with van der Waals surface area (Å²) >= 11 is 0. The summed E-state index contributed by atoms with van der Waals surface area (Å²) in [6.45, 7) is 2.67. The highest BCUT2D eigenvalue weighted by atomic mass is 32.2. The molecule has 0 saturated carbocycles. The van der Waals surface area contributed by atoms with Gasteiger partial charge in [0.15, 0.2) is 5.76 Å². The van der Waals surface area contributed by atoms with Gasteiger partial charge in [-0.05, 0) is 30.3 Å². The van der Waals surface area contributed by atoms with Gasteiger partial charge >= 0.3 is 0 Å². The van der Waals surface area contributed by atoms with E-state index in [-0.39, 0.29) is 35.5 Å². The van der Waals surface area contributed by atoms with Gasteiger partial charge in [-0.2, -0.15) is 4.31 Å². The molecule has 1 aromatic carbocycles. The first-order valence-corrected chi connectivity index (χ1v) is 10.1. The van der Waals surface area contributed by atoms with Gasteiger partial charge < -0.3 is 13.7 Å². The zero-order valence-electron chi connectivity index (χ0n) is 15.1. The van der Waals surface area contributed by atoms with Crippen LogP contribution in [-0.2, 0) is 10.0 Å². The van der Waals surface area contributed by atoms with Crippen molar-refractivity contribution in [3.8, 4) is 11.5 Å². The van der Waals surface area contributed by atoms with Crippen molar-refractivity contribution < 1.29 is 22.0 Å². The number of hydrogen-bond acceptors (Lipinski definition) is 7. The van der Waals surface area contributed by atoms with Gasteiger partial charge in [-0.1, -0.05) is 6.07 Å². The Bertz CT molecular complexity index is 1080. The molecule has 146 valence electrons. The van der Waals surface area contributed by atoms with E-state index < -0.39 is 10.0 Å². The van der Waals surface area contributed by atoms with Crippen LogP contribution in [0.5, 0.6) is 0 Å². The van der Waals surface area contributed by atoms with Gasteiger partial charge in [0.2, 0.25) is 21.8 Å². The van der Waals surface area contributed by atoms with Crippen molar-refractivity contribution in [3.05, 3.63) is 54.3 Å². The number of sulfonamides is 1. The van der Waals surface area contributed by atoms with Crippen LogP contribution < -0.4 is 0 Å². The van der Waals surface area contributed by atoms with Crippen LogP contribution in [0.2, 0.25) is 0 Å². The first kappa shape index (κ1) is 18.4. The molecule has 3 aromatic rings. The molecule has 1 saturated heterocycles. The van der Waals surface area contributed by atoms with Gasteiger partial charge in [0.05, 0.1) is 11.2 Å². The monoisotopic (exact) mass is 402 g/mol. The van der Waals surface area contributed by atoms with Crippen molar-refractivity contribution >= 4 is 15.9 Å². The average molecular weight is 402 g/mol. The summed E-state index contributed by atoms with van der Waals surface area (Å²) in [6.07, 6.45) is 1.44. The Morgan fingerprint density at radius 2 is 1.86 bits per heavy atom. The maximum atomic E-state index is 13.0. The number of hydrogen-bond donors (Lipinski definition) is 0. The molecular weight excluding hydrogens is 384 g/mol. The standard InChI is InChI=1S/C18H18N4O5S/c1-13-19-20-17(27-13)14-4-2-5-15(12-14)28(24,25)22-9-7-21(8-10-22)18(23)16-6-3-11-26-16/h2-6,11-12H,7-10H2,1H3. The third-order valence-corrected chi connectivity index (χ3v) is 6.40. The summed E-state index contributed by atoms with van der Waals surface area (Å²) in [4.78, 5) is 14.1. The van der Waals surface area contributed by atoms with Crippen LogP contribution in [-0.4, -0.2) is 59.9 Å². The van der Waals surface area contributed by atoms with Gasteiger partial charge in [0.25, 0.3) is 5.91 Å². The number of amides is 1. The van der Waals surface area contributed by atoms with Crippen molar-refractivity contribution in [3.63, 3.8) is 0 Å². The van der Waals surface area contributed by atoms with Gasteiger partial charge in [-0.25, -0.2) is 8.42 Å². The van der Waals surface area contributed by atoms with Crippen LogP contribution in [0.15, 0.2) is 56.4 Å². The highest BCUT2D eigenvalue weighted by Crippen LogP contribution is 2.24. The molecule has 0 N–H and O–H groups in total. The predicted molar refractivity (Wildman–Crippen MR) is 97.8 cm³/mol. The Balaban J connectivity index is 1.50. The van der Waals surface area contributed by atoms with Crippen LogP contribution in [0.3, 0.4) is 0 Å². The summed E-state index contributed by atoms with van der Waals surface area (Å²) in [5.74, 6) is 0.679. The zero-order valence-corrected chi connectivity index (χ0v) is 15.9. The van der Waals surface area contributed by atoms with Crippen LogP contribution in [0.4, 0.5) is 0 Å². The van der Waals surface area contributed by atoms with E-state index in [0.717, 1.165) is 0 Å². The number of piperazine rings is 1. The Hall–Kier alpha value is -2.98. The Labute approximate surface area is 161 Å².